The van der Waals surface area contributed by atoms with E-state index in [-0.39, 0.29) is 12.1 Å². The Morgan fingerprint density at radius 1 is 1.39 bits per heavy atom. The fourth-order valence-corrected chi connectivity index (χ4v) is 2.07. The first-order chi connectivity index (χ1) is 8.46. The molecule has 0 saturated heterocycles. The molecule has 98 valence electrons. The summed E-state index contributed by atoms with van der Waals surface area (Å²) in [7, 11) is 0. The van der Waals surface area contributed by atoms with Crippen molar-refractivity contribution in [2.75, 3.05) is 11.9 Å². The number of anilines is 1. The van der Waals surface area contributed by atoms with Gasteiger partial charge >= 0.3 is 6.09 Å². The van der Waals surface area contributed by atoms with E-state index in [1.54, 1.807) is 0 Å². The van der Waals surface area contributed by atoms with Gasteiger partial charge in [0, 0.05) is 12.2 Å². The second kappa shape index (κ2) is 4.88. The highest BCUT2D eigenvalue weighted by Crippen LogP contribution is 2.29. The number of nitrogens with one attached hydrogen (secondary N) is 2. The van der Waals surface area contributed by atoms with E-state index in [1.165, 1.54) is 0 Å². The van der Waals surface area contributed by atoms with Crippen molar-refractivity contribution in [1.82, 2.24) is 5.32 Å². The molecule has 0 saturated carbocycles. The van der Waals surface area contributed by atoms with Crippen LogP contribution in [0.25, 0.3) is 0 Å². The lowest BCUT2D eigenvalue weighted by atomic mass is 9.98. The lowest BCUT2D eigenvalue weighted by molar-refractivity contribution is 0.0501. The number of alkyl carbamates (subject to hydrolysis) is 1. The van der Waals surface area contributed by atoms with Crippen molar-refractivity contribution in [3.8, 4) is 0 Å². The third-order valence-electron chi connectivity index (χ3n) is 2.78. The maximum absolute atomic E-state index is 11.8. The highest BCUT2D eigenvalue weighted by Gasteiger charge is 2.24. The number of benzene rings is 1. The number of carbonyl (C=O) groups excluding carboxylic acids is 1. The third kappa shape index (κ3) is 3.15. The van der Waals surface area contributed by atoms with Crippen LogP contribution in [0.15, 0.2) is 24.3 Å². The molecule has 2 rings (SSSR count). The number of rotatable bonds is 1. The second-order valence-corrected chi connectivity index (χ2v) is 5.50. The molecule has 1 aliphatic rings. The van der Waals surface area contributed by atoms with E-state index in [0.29, 0.717) is 0 Å². The van der Waals surface area contributed by atoms with Crippen LogP contribution in [-0.2, 0) is 4.74 Å². The van der Waals surface area contributed by atoms with E-state index in [4.69, 9.17) is 4.74 Å². The van der Waals surface area contributed by atoms with Crippen molar-refractivity contribution in [2.45, 2.75) is 38.8 Å². The number of fused-ring (bicyclic) bond motifs is 1. The number of ether oxygens (including phenoxy) is 1. The van der Waals surface area contributed by atoms with E-state index < -0.39 is 5.60 Å². The Morgan fingerprint density at radius 3 is 2.83 bits per heavy atom. The molecular formula is C14H20N2O2. The van der Waals surface area contributed by atoms with Gasteiger partial charge in [-0.25, -0.2) is 4.79 Å². The minimum absolute atomic E-state index is 0.0253. The maximum Gasteiger partial charge on any atom is 0.408 e. The molecule has 0 unspecified atom stereocenters. The minimum atomic E-state index is -0.462. The summed E-state index contributed by atoms with van der Waals surface area (Å²) in [4.78, 5) is 11.8. The van der Waals surface area contributed by atoms with Crippen LogP contribution in [0.5, 0.6) is 0 Å². The van der Waals surface area contributed by atoms with Gasteiger partial charge < -0.3 is 15.4 Å². The minimum Gasteiger partial charge on any atom is -0.444 e. The molecule has 4 nitrogen and oxygen atoms in total. The topological polar surface area (TPSA) is 50.4 Å². The summed E-state index contributed by atoms with van der Waals surface area (Å²) >= 11 is 0. The number of amides is 1. The average Bonchev–Trinajstić information content (AvgIpc) is 2.27. The highest BCUT2D eigenvalue weighted by molar-refractivity contribution is 5.69. The zero-order chi connectivity index (χ0) is 13.2. The fourth-order valence-electron chi connectivity index (χ4n) is 2.07. The summed E-state index contributed by atoms with van der Waals surface area (Å²) in [5.74, 6) is 0. The zero-order valence-corrected chi connectivity index (χ0v) is 11.1. The maximum atomic E-state index is 11.8. The molecule has 0 bridgehead atoms. The number of para-hydroxylation sites is 1. The van der Waals surface area contributed by atoms with Gasteiger partial charge in [0.15, 0.2) is 0 Å². The molecule has 1 amide bonds. The molecule has 18 heavy (non-hydrogen) atoms. The molecule has 1 aromatic carbocycles. The molecule has 1 aliphatic heterocycles. The van der Waals surface area contributed by atoms with Gasteiger partial charge in [-0.1, -0.05) is 18.2 Å². The van der Waals surface area contributed by atoms with Gasteiger partial charge in [-0.05, 0) is 38.8 Å². The van der Waals surface area contributed by atoms with Crippen LogP contribution in [0, 0.1) is 0 Å². The first kappa shape index (κ1) is 12.7. The van der Waals surface area contributed by atoms with Crippen molar-refractivity contribution in [1.29, 1.82) is 0 Å². The van der Waals surface area contributed by atoms with E-state index >= 15 is 0 Å². The van der Waals surface area contributed by atoms with E-state index in [9.17, 15) is 4.79 Å². The summed E-state index contributed by atoms with van der Waals surface area (Å²) in [6.07, 6.45) is 0.514. The van der Waals surface area contributed by atoms with Gasteiger partial charge in [0.05, 0.1) is 6.04 Å². The highest BCUT2D eigenvalue weighted by atomic mass is 16.6. The Morgan fingerprint density at radius 2 is 2.11 bits per heavy atom. The quantitative estimate of drug-likeness (QED) is 0.803. The van der Waals surface area contributed by atoms with Crippen LogP contribution in [0.3, 0.4) is 0 Å². The summed E-state index contributed by atoms with van der Waals surface area (Å²) in [5.41, 5.74) is 1.75. The van der Waals surface area contributed by atoms with Crippen molar-refractivity contribution >= 4 is 11.8 Å². The average molecular weight is 248 g/mol. The van der Waals surface area contributed by atoms with Gasteiger partial charge in [-0.15, -0.1) is 0 Å². The van der Waals surface area contributed by atoms with Gasteiger partial charge in [-0.2, -0.15) is 0 Å². The molecular weight excluding hydrogens is 228 g/mol. The standard InChI is InChI=1S/C14H20N2O2/c1-14(2,3)18-13(17)16-12-8-9-15-11-7-5-4-6-10(11)12/h4-7,12,15H,8-9H2,1-3H3,(H,16,17)/t12-/m1/s1. The molecule has 1 atom stereocenters. The second-order valence-electron chi connectivity index (χ2n) is 5.50. The number of carbonyl (C=O) groups is 1. The third-order valence-corrected chi connectivity index (χ3v) is 2.78. The SMILES string of the molecule is CC(C)(C)OC(=O)N[C@@H]1CCNc2ccccc21. The summed E-state index contributed by atoms with van der Waals surface area (Å²) in [6, 6.07) is 8.05. The van der Waals surface area contributed by atoms with Gasteiger partial charge in [-0.3, -0.25) is 0 Å². The molecule has 0 radical (unpaired) electrons. The fraction of sp³-hybridized carbons (Fsp3) is 0.500. The van der Waals surface area contributed by atoms with Gasteiger partial charge in [0.2, 0.25) is 0 Å². The number of hydrogen-bond donors (Lipinski definition) is 2. The van der Waals surface area contributed by atoms with Crippen molar-refractivity contribution in [2.24, 2.45) is 0 Å². The summed E-state index contributed by atoms with van der Waals surface area (Å²) in [5, 5.41) is 6.25. The van der Waals surface area contributed by atoms with E-state index in [2.05, 4.69) is 10.6 Å². The van der Waals surface area contributed by atoms with Crippen molar-refractivity contribution in [3.05, 3.63) is 29.8 Å². The Hall–Kier alpha value is -1.71. The first-order valence-electron chi connectivity index (χ1n) is 6.28. The van der Waals surface area contributed by atoms with Crippen LogP contribution in [0.2, 0.25) is 0 Å². The van der Waals surface area contributed by atoms with Crippen LogP contribution < -0.4 is 10.6 Å². The molecule has 0 fully saturated rings. The Balaban J connectivity index is 2.05. The Kier molecular flexibility index (Phi) is 3.45. The van der Waals surface area contributed by atoms with E-state index in [1.807, 2.05) is 45.0 Å². The van der Waals surface area contributed by atoms with Crippen molar-refractivity contribution in [3.63, 3.8) is 0 Å². The molecule has 0 aliphatic carbocycles. The normalized spacial score (nSPS) is 18.5. The molecule has 0 spiro atoms. The molecule has 2 N–H and O–H groups in total. The molecule has 0 aromatic heterocycles. The first-order valence-corrected chi connectivity index (χ1v) is 6.28. The van der Waals surface area contributed by atoms with Crippen LogP contribution in [0.4, 0.5) is 10.5 Å². The van der Waals surface area contributed by atoms with E-state index in [0.717, 1.165) is 24.2 Å². The number of hydrogen-bond acceptors (Lipinski definition) is 3. The van der Waals surface area contributed by atoms with Crippen LogP contribution >= 0.6 is 0 Å². The largest absolute Gasteiger partial charge is 0.444 e. The van der Waals surface area contributed by atoms with Crippen LogP contribution in [0.1, 0.15) is 38.8 Å². The molecule has 1 aromatic rings. The zero-order valence-electron chi connectivity index (χ0n) is 11.1. The smallest absolute Gasteiger partial charge is 0.408 e. The Labute approximate surface area is 108 Å². The lowest BCUT2D eigenvalue weighted by Gasteiger charge is -2.28. The van der Waals surface area contributed by atoms with Crippen molar-refractivity contribution < 1.29 is 9.53 Å². The lowest BCUT2D eigenvalue weighted by Crippen LogP contribution is -2.37. The van der Waals surface area contributed by atoms with Crippen LogP contribution in [-0.4, -0.2) is 18.2 Å². The predicted octanol–water partition coefficient (Wildman–Crippen LogP) is 3.07. The predicted molar refractivity (Wildman–Crippen MR) is 71.7 cm³/mol. The Bertz CT molecular complexity index is 438. The van der Waals surface area contributed by atoms with Gasteiger partial charge in [0.1, 0.15) is 5.60 Å². The van der Waals surface area contributed by atoms with Gasteiger partial charge in [0.25, 0.3) is 0 Å². The summed E-state index contributed by atoms with van der Waals surface area (Å²) in [6.45, 7) is 6.45. The summed E-state index contributed by atoms with van der Waals surface area (Å²) < 4.78 is 5.29. The molecule has 4 heteroatoms. The monoisotopic (exact) mass is 248 g/mol. The molecule has 1 heterocycles.